The van der Waals surface area contributed by atoms with E-state index in [0.717, 1.165) is 11.3 Å². The number of Topliss-reactive ketones (excluding diaryl/α,β-unsaturated/α-hetero) is 2. The van der Waals surface area contributed by atoms with E-state index in [0.29, 0.717) is 12.2 Å². The van der Waals surface area contributed by atoms with Gasteiger partial charge in [-0.2, -0.15) is 16.7 Å². The Morgan fingerprint density at radius 1 is 1.17 bits per heavy atom. The number of rotatable bonds is 8. The number of thioether (sulfide) groups is 1. The zero-order chi connectivity index (χ0) is 29.6. The number of ketones is 3. The SMILES string of the molecule is CSCCC(NC(C)=C1C(=O)C=C2Oc3c(C(C)=O)c(O)c(C)c(O)c3[C@@]2(C)C1=O)c1nc(-c2ccncc2)no1. The van der Waals surface area contributed by atoms with Crippen LogP contribution in [0.25, 0.3) is 11.4 Å². The lowest BCUT2D eigenvalue weighted by Gasteiger charge is -2.29. The van der Waals surface area contributed by atoms with Gasteiger partial charge in [0.05, 0.1) is 11.1 Å². The van der Waals surface area contributed by atoms with Crippen molar-refractivity contribution in [3.05, 3.63) is 70.2 Å². The van der Waals surface area contributed by atoms with Gasteiger partial charge in [0.1, 0.15) is 40.0 Å². The van der Waals surface area contributed by atoms with E-state index in [1.54, 1.807) is 43.2 Å². The van der Waals surface area contributed by atoms with Crippen molar-refractivity contribution in [3.8, 4) is 28.6 Å². The maximum atomic E-state index is 14.1. The van der Waals surface area contributed by atoms with Gasteiger partial charge in [-0.25, -0.2) is 0 Å². The molecule has 0 radical (unpaired) electrons. The summed E-state index contributed by atoms with van der Waals surface area (Å²) in [5.41, 5.74) is -0.837. The molecule has 0 spiro atoms. The number of nitrogens with one attached hydrogen (secondary N) is 1. The fourth-order valence-corrected chi connectivity index (χ4v) is 5.66. The number of allylic oxidation sites excluding steroid dienone is 4. The van der Waals surface area contributed by atoms with Crippen molar-refractivity contribution in [3.63, 3.8) is 0 Å². The van der Waals surface area contributed by atoms with Gasteiger partial charge in [0.15, 0.2) is 17.3 Å². The zero-order valence-electron chi connectivity index (χ0n) is 23.1. The first kappa shape index (κ1) is 28.1. The average molecular weight is 577 g/mol. The molecule has 1 aromatic carbocycles. The van der Waals surface area contributed by atoms with Crippen LogP contribution in [0.4, 0.5) is 0 Å². The van der Waals surface area contributed by atoms with E-state index in [9.17, 15) is 24.6 Å². The molecule has 3 heterocycles. The highest BCUT2D eigenvalue weighted by molar-refractivity contribution is 7.98. The Bertz CT molecular complexity index is 1660. The van der Waals surface area contributed by atoms with Crippen LogP contribution in [0.15, 0.2) is 52.2 Å². The lowest BCUT2D eigenvalue weighted by atomic mass is 9.70. The summed E-state index contributed by atoms with van der Waals surface area (Å²) in [6, 6.07) is 3.00. The van der Waals surface area contributed by atoms with Crippen LogP contribution in [0.3, 0.4) is 0 Å². The first-order valence-electron chi connectivity index (χ1n) is 12.8. The van der Waals surface area contributed by atoms with Crippen molar-refractivity contribution in [2.24, 2.45) is 0 Å². The summed E-state index contributed by atoms with van der Waals surface area (Å²) in [5.74, 6) is -1.33. The highest BCUT2D eigenvalue weighted by Crippen LogP contribution is 2.57. The van der Waals surface area contributed by atoms with E-state index < -0.39 is 34.6 Å². The molecule has 3 aromatic rings. The molecule has 3 N–H and O–H groups in total. The molecule has 0 saturated heterocycles. The van der Waals surface area contributed by atoms with E-state index in [2.05, 4.69) is 20.4 Å². The Kier molecular flexibility index (Phi) is 7.20. The molecule has 2 aromatic heterocycles. The molecule has 1 aliphatic carbocycles. The second kappa shape index (κ2) is 10.5. The monoisotopic (exact) mass is 576 g/mol. The molecule has 5 rings (SSSR count). The Hall–Kier alpha value is -4.45. The number of carbonyl (C=O) groups is 3. The summed E-state index contributed by atoms with van der Waals surface area (Å²) < 4.78 is 11.4. The number of hydrogen-bond donors (Lipinski definition) is 3. The third-order valence-corrected chi connectivity index (χ3v) is 8.08. The number of aromatic hydroxyl groups is 2. The number of carbonyl (C=O) groups excluding carboxylic acids is 3. The molecule has 1 aliphatic heterocycles. The minimum atomic E-state index is -1.61. The lowest BCUT2D eigenvalue weighted by molar-refractivity contribution is -0.123. The van der Waals surface area contributed by atoms with Crippen LogP contribution in [-0.2, 0) is 15.0 Å². The first-order valence-corrected chi connectivity index (χ1v) is 14.2. The third-order valence-electron chi connectivity index (χ3n) is 7.44. The van der Waals surface area contributed by atoms with Gasteiger partial charge in [0.25, 0.3) is 0 Å². The molecule has 2 atom stereocenters. The molecule has 1 unspecified atom stereocenters. The van der Waals surface area contributed by atoms with Crippen LogP contribution < -0.4 is 10.1 Å². The first-order chi connectivity index (χ1) is 19.5. The molecular weight excluding hydrogens is 548 g/mol. The van der Waals surface area contributed by atoms with E-state index in [1.165, 1.54) is 26.8 Å². The van der Waals surface area contributed by atoms with E-state index in [4.69, 9.17) is 9.26 Å². The summed E-state index contributed by atoms with van der Waals surface area (Å²) in [6.45, 7) is 5.81. The Morgan fingerprint density at radius 2 is 1.88 bits per heavy atom. The number of hydrogen-bond acceptors (Lipinski definition) is 12. The van der Waals surface area contributed by atoms with Crippen LogP contribution in [-0.4, -0.2) is 54.7 Å². The Balaban J connectivity index is 1.56. The van der Waals surface area contributed by atoms with Gasteiger partial charge >= 0.3 is 0 Å². The number of pyridine rings is 1. The summed E-state index contributed by atoms with van der Waals surface area (Å²) in [4.78, 5) is 48.4. The topological polar surface area (TPSA) is 165 Å². The highest BCUT2D eigenvalue weighted by Gasteiger charge is 2.56. The summed E-state index contributed by atoms with van der Waals surface area (Å²) >= 11 is 1.61. The number of phenolic OH excluding ortho intramolecular Hbond substituents is 2. The Labute approximate surface area is 239 Å². The van der Waals surface area contributed by atoms with Gasteiger partial charge in [-0.15, -0.1) is 0 Å². The van der Waals surface area contributed by atoms with Gasteiger partial charge in [-0.1, -0.05) is 5.16 Å². The van der Waals surface area contributed by atoms with Crippen LogP contribution in [0, 0.1) is 6.92 Å². The van der Waals surface area contributed by atoms with Crippen molar-refractivity contribution in [1.29, 1.82) is 0 Å². The standard InChI is InChI=1S/C29H28N4O7S/c1-13-23(36)21(15(3)34)25-22(24(13)37)29(4)19(39-25)12-18(35)20(26(29)38)14(2)31-17(8-11-41-5)28-32-27(33-40-28)16-6-9-30-10-7-16/h6-7,9-10,12,17,31,36-37H,8,11H2,1-5H3/t17?,29-/m0/s1. The van der Waals surface area contributed by atoms with Crippen molar-refractivity contribution >= 4 is 29.1 Å². The quantitative estimate of drug-likeness (QED) is 0.200. The molecular formula is C29H28N4O7S. The number of aromatic nitrogens is 3. The number of phenols is 2. The van der Waals surface area contributed by atoms with Crippen LogP contribution in [0.2, 0.25) is 0 Å². The van der Waals surface area contributed by atoms with Crippen LogP contribution in [0.5, 0.6) is 17.2 Å². The van der Waals surface area contributed by atoms with Gasteiger partial charge in [-0.05, 0) is 58.3 Å². The van der Waals surface area contributed by atoms with Crippen molar-refractivity contribution in [2.75, 3.05) is 12.0 Å². The Morgan fingerprint density at radius 3 is 2.54 bits per heavy atom. The molecule has 0 fully saturated rings. The van der Waals surface area contributed by atoms with Gasteiger partial charge in [-0.3, -0.25) is 19.4 Å². The normalized spacial score (nSPS) is 19.7. The van der Waals surface area contributed by atoms with Crippen LogP contribution >= 0.6 is 11.8 Å². The molecule has 12 heteroatoms. The van der Waals surface area contributed by atoms with E-state index in [-0.39, 0.29) is 51.1 Å². The number of fused-ring (bicyclic) bond motifs is 3. The molecule has 11 nitrogen and oxygen atoms in total. The minimum Gasteiger partial charge on any atom is -0.507 e. The maximum absolute atomic E-state index is 14.1. The maximum Gasteiger partial charge on any atom is 0.249 e. The van der Waals surface area contributed by atoms with Gasteiger partial charge < -0.3 is 24.8 Å². The molecule has 2 aliphatic rings. The highest BCUT2D eigenvalue weighted by atomic mass is 32.2. The molecule has 0 saturated carbocycles. The average Bonchev–Trinajstić information content (AvgIpc) is 3.54. The summed E-state index contributed by atoms with van der Waals surface area (Å²) in [6.07, 6.45) is 6.94. The van der Waals surface area contributed by atoms with E-state index >= 15 is 0 Å². The second-order valence-corrected chi connectivity index (χ2v) is 11.0. The second-order valence-electron chi connectivity index (χ2n) is 10.1. The van der Waals surface area contributed by atoms with Crippen molar-refractivity contribution in [2.45, 2.75) is 45.6 Å². The fraction of sp³-hybridized carbons (Fsp3) is 0.310. The predicted octanol–water partition coefficient (Wildman–Crippen LogP) is 4.10. The summed E-state index contributed by atoms with van der Waals surface area (Å²) in [5, 5.41) is 28.9. The minimum absolute atomic E-state index is 0.0281. The number of benzene rings is 1. The van der Waals surface area contributed by atoms with Crippen LogP contribution in [0.1, 0.15) is 60.6 Å². The molecule has 41 heavy (non-hydrogen) atoms. The zero-order valence-corrected chi connectivity index (χ0v) is 23.9. The largest absolute Gasteiger partial charge is 0.507 e. The smallest absolute Gasteiger partial charge is 0.249 e. The van der Waals surface area contributed by atoms with Crippen molar-refractivity contribution in [1.82, 2.24) is 20.4 Å². The fourth-order valence-electron chi connectivity index (χ4n) is 5.18. The van der Waals surface area contributed by atoms with E-state index in [1.807, 2.05) is 6.26 Å². The summed E-state index contributed by atoms with van der Waals surface area (Å²) in [7, 11) is 0. The van der Waals surface area contributed by atoms with Gasteiger partial charge in [0, 0.05) is 35.3 Å². The van der Waals surface area contributed by atoms with Crippen molar-refractivity contribution < 1.29 is 33.9 Å². The molecule has 212 valence electrons. The number of nitrogens with zero attached hydrogens (tertiary/aromatic N) is 3. The molecule has 0 amide bonds. The lowest BCUT2D eigenvalue weighted by Crippen LogP contribution is -2.41. The predicted molar refractivity (Wildman–Crippen MR) is 150 cm³/mol. The van der Waals surface area contributed by atoms with Gasteiger partial charge in [0.2, 0.25) is 11.7 Å². The number of ether oxygens (including phenoxy) is 1. The third kappa shape index (κ3) is 4.48. The molecule has 0 bridgehead atoms.